The molecule has 0 amide bonds. The molecule has 0 saturated heterocycles. The molecule has 0 aliphatic carbocycles. The van der Waals surface area contributed by atoms with Crippen LogP contribution in [0, 0.1) is 0 Å². The third-order valence-electron chi connectivity index (χ3n) is 3.02. The number of methoxy groups -OCH3 is 1. The van der Waals surface area contributed by atoms with E-state index in [1.54, 1.807) is 13.3 Å². The number of nitrogens with zero attached hydrogens (tertiary/aromatic N) is 1. The molecular weight excluding hydrogens is 252 g/mol. The molecule has 0 fully saturated rings. The number of hydrogen-bond donors (Lipinski definition) is 1. The van der Waals surface area contributed by atoms with Crippen molar-refractivity contribution >= 4 is 0 Å². The Bertz CT molecular complexity index is 529. The first kappa shape index (κ1) is 14.3. The van der Waals surface area contributed by atoms with E-state index in [1.165, 1.54) is 0 Å². The highest BCUT2D eigenvalue weighted by molar-refractivity contribution is 5.40. The minimum Gasteiger partial charge on any atom is -0.497 e. The molecule has 2 aromatic rings. The maximum absolute atomic E-state index is 5.84. The van der Waals surface area contributed by atoms with Crippen LogP contribution in [0.25, 0.3) is 0 Å². The summed E-state index contributed by atoms with van der Waals surface area (Å²) in [5.41, 5.74) is 7.74. The predicted molar refractivity (Wildman–Crippen MR) is 79.2 cm³/mol. The maximum Gasteiger partial charge on any atom is 0.122 e. The molecule has 106 valence electrons. The Morgan fingerprint density at radius 3 is 2.75 bits per heavy atom. The molecule has 0 aliphatic heterocycles. The fourth-order valence-corrected chi connectivity index (χ4v) is 1.99. The Morgan fingerprint density at radius 1 is 1.15 bits per heavy atom. The molecule has 2 rings (SSSR count). The van der Waals surface area contributed by atoms with Crippen LogP contribution in [0.2, 0.25) is 0 Å². The van der Waals surface area contributed by atoms with E-state index in [0.29, 0.717) is 13.2 Å². The van der Waals surface area contributed by atoms with Crippen LogP contribution in [-0.2, 0) is 12.8 Å². The highest BCUT2D eigenvalue weighted by atomic mass is 16.5. The van der Waals surface area contributed by atoms with E-state index in [-0.39, 0.29) is 0 Å². The molecule has 20 heavy (non-hydrogen) atoms. The van der Waals surface area contributed by atoms with Crippen molar-refractivity contribution in [1.82, 2.24) is 4.98 Å². The number of ether oxygens (including phenoxy) is 2. The minimum atomic E-state index is 0.587. The first-order chi connectivity index (χ1) is 9.83. The van der Waals surface area contributed by atoms with Crippen LogP contribution >= 0.6 is 0 Å². The van der Waals surface area contributed by atoms with E-state index in [2.05, 4.69) is 4.98 Å². The first-order valence-electron chi connectivity index (χ1n) is 6.73. The summed E-state index contributed by atoms with van der Waals surface area (Å²) in [6, 6.07) is 11.7. The minimum absolute atomic E-state index is 0.587. The lowest BCUT2D eigenvalue weighted by molar-refractivity contribution is 0.316. The van der Waals surface area contributed by atoms with Gasteiger partial charge in [0.15, 0.2) is 0 Å². The molecule has 2 N–H and O–H groups in total. The van der Waals surface area contributed by atoms with Gasteiger partial charge in [0.25, 0.3) is 0 Å². The summed E-state index contributed by atoms with van der Waals surface area (Å²) in [5, 5.41) is 0. The largest absolute Gasteiger partial charge is 0.497 e. The van der Waals surface area contributed by atoms with Gasteiger partial charge in [-0.1, -0.05) is 6.07 Å². The van der Waals surface area contributed by atoms with Gasteiger partial charge in [0.2, 0.25) is 0 Å². The van der Waals surface area contributed by atoms with Gasteiger partial charge in [-0.25, -0.2) is 0 Å². The van der Waals surface area contributed by atoms with E-state index in [1.807, 2.05) is 36.4 Å². The molecule has 1 aromatic carbocycles. The van der Waals surface area contributed by atoms with Crippen LogP contribution in [0.4, 0.5) is 0 Å². The van der Waals surface area contributed by atoms with Crippen molar-refractivity contribution in [2.24, 2.45) is 5.73 Å². The number of hydrogen-bond acceptors (Lipinski definition) is 4. The summed E-state index contributed by atoms with van der Waals surface area (Å²) in [6.45, 7) is 1.19. The smallest absolute Gasteiger partial charge is 0.122 e. The number of benzene rings is 1. The Balaban J connectivity index is 1.98. The van der Waals surface area contributed by atoms with Crippen LogP contribution < -0.4 is 15.2 Å². The summed E-state index contributed by atoms with van der Waals surface area (Å²) in [6.07, 6.45) is 3.35. The Morgan fingerprint density at radius 2 is 2.05 bits per heavy atom. The normalized spacial score (nSPS) is 10.3. The molecule has 4 heteroatoms. The molecule has 0 unspecified atom stereocenters. The molecule has 0 bridgehead atoms. The van der Waals surface area contributed by atoms with Crippen LogP contribution in [0.3, 0.4) is 0 Å². The van der Waals surface area contributed by atoms with E-state index >= 15 is 0 Å². The standard InChI is InChI=1S/C16H20N2O2/c1-19-15-5-6-16(13(12-15)7-9-17)20-11-8-14-4-2-3-10-18-14/h2-6,10,12H,7-9,11,17H2,1H3. The monoisotopic (exact) mass is 272 g/mol. The van der Waals surface area contributed by atoms with Crippen molar-refractivity contribution in [3.63, 3.8) is 0 Å². The van der Waals surface area contributed by atoms with Gasteiger partial charge in [-0.3, -0.25) is 4.98 Å². The van der Waals surface area contributed by atoms with E-state index in [4.69, 9.17) is 15.2 Å². The Kier molecular flexibility index (Phi) is 5.38. The second-order valence-corrected chi connectivity index (χ2v) is 4.43. The van der Waals surface area contributed by atoms with Gasteiger partial charge in [-0.2, -0.15) is 0 Å². The number of aromatic nitrogens is 1. The van der Waals surface area contributed by atoms with Gasteiger partial charge in [0.05, 0.1) is 13.7 Å². The van der Waals surface area contributed by atoms with Crippen LogP contribution in [0.15, 0.2) is 42.6 Å². The fourth-order valence-electron chi connectivity index (χ4n) is 1.99. The van der Waals surface area contributed by atoms with Gasteiger partial charge in [-0.15, -0.1) is 0 Å². The molecule has 0 radical (unpaired) electrons. The zero-order valence-corrected chi connectivity index (χ0v) is 11.7. The fraction of sp³-hybridized carbons (Fsp3) is 0.312. The van der Waals surface area contributed by atoms with Gasteiger partial charge in [0, 0.05) is 18.3 Å². The summed E-state index contributed by atoms with van der Waals surface area (Å²) >= 11 is 0. The Labute approximate surface area is 119 Å². The highest BCUT2D eigenvalue weighted by Crippen LogP contribution is 2.24. The van der Waals surface area contributed by atoms with Crippen molar-refractivity contribution in [2.75, 3.05) is 20.3 Å². The third-order valence-corrected chi connectivity index (χ3v) is 3.02. The van der Waals surface area contributed by atoms with Crippen LogP contribution in [0.1, 0.15) is 11.3 Å². The maximum atomic E-state index is 5.84. The number of nitrogens with two attached hydrogens (primary N) is 1. The molecular formula is C16H20N2O2. The third kappa shape index (κ3) is 3.96. The molecule has 0 spiro atoms. The van der Waals surface area contributed by atoms with Crippen molar-refractivity contribution in [2.45, 2.75) is 12.8 Å². The number of rotatable bonds is 7. The molecule has 1 aromatic heterocycles. The quantitative estimate of drug-likeness (QED) is 0.839. The summed E-state index contributed by atoms with van der Waals surface area (Å²) in [4.78, 5) is 4.28. The summed E-state index contributed by atoms with van der Waals surface area (Å²) in [5.74, 6) is 1.69. The van der Waals surface area contributed by atoms with Crippen molar-refractivity contribution in [3.8, 4) is 11.5 Å². The SMILES string of the molecule is COc1ccc(OCCc2ccccn2)c(CCN)c1. The van der Waals surface area contributed by atoms with Gasteiger partial charge in [0.1, 0.15) is 11.5 Å². The molecule has 0 saturated carbocycles. The van der Waals surface area contributed by atoms with E-state index < -0.39 is 0 Å². The molecule has 4 nitrogen and oxygen atoms in total. The molecule has 1 heterocycles. The van der Waals surface area contributed by atoms with Crippen LogP contribution in [-0.4, -0.2) is 25.2 Å². The second kappa shape index (κ2) is 7.50. The lowest BCUT2D eigenvalue weighted by Crippen LogP contribution is -2.08. The first-order valence-corrected chi connectivity index (χ1v) is 6.73. The van der Waals surface area contributed by atoms with E-state index in [9.17, 15) is 0 Å². The zero-order valence-electron chi connectivity index (χ0n) is 11.7. The van der Waals surface area contributed by atoms with Gasteiger partial charge in [-0.05, 0) is 48.9 Å². The van der Waals surface area contributed by atoms with Crippen LogP contribution in [0.5, 0.6) is 11.5 Å². The van der Waals surface area contributed by atoms with Crippen molar-refractivity contribution in [3.05, 3.63) is 53.9 Å². The average Bonchev–Trinajstić information content (AvgIpc) is 2.50. The van der Waals surface area contributed by atoms with E-state index in [0.717, 1.165) is 35.6 Å². The molecule has 0 aliphatic rings. The average molecular weight is 272 g/mol. The summed E-state index contributed by atoms with van der Waals surface area (Å²) in [7, 11) is 1.66. The second-order valence-electron chi connectivity index (χ2n) is 4.43. The van der Waals surface area contributed by atoms with Crippen molar-refractivity contribution in [1.29, 1.82) is 0 Å². The van der Waals surface area contributed by atoms with Gasteiger partial charge >= 0.3 is 0 Å². The van der Waals surface area contributed by atoms with Gasteiger partial charge < -0.3 is 15.2 Å². The lowest BCUT2D eigenvalue weighted by atomic mass is 10.1. The highest BCUT2D eigenvalue weighted by Gasteiger charge is 2.05. The predicted octanol–water partition coefficient (Wildman–Crippen LogP) is 2.21. The topological polar surface area (TPSA) is 57.4 Å². The summed E-state index contributed by atoms with van der Waals surface area (Å²) < 4.78 is 11.1. The van der Waals surface area contributed by atoms with Crippen molar-refractivity contribution < 1.29 is 9.47 Å². The zero-order chi connectivity index (χ0) is 14.2. The molecule has 0 atom stereocenters. The Hall–Kier alpha value is -2.07. The lowest BCUT2D eigenvalue weighted by Gasteiger charge is -2.12. The number of pyridine rings is 1.